The first-order valence-electron chi connectivity index (χ1n) is 6.42. The minimum Gasteiger partial charge on any atom is -0.398 e. The molecule has 1 aliphatic carbocycles. The Morgan fingerprint density at radius 3 is 2.71 bits per heavy atom. The number of rotatable bonds is 5. The number of nitro groups is 1. The summed E-state index contributed by atoms with van der Waals surface area (Å²) in [7, 11) is -3.85. The highest BCUT2D eigenvalue weighted by Gasteiger charge is 2.29. The van der Waals surface area contributed by atoms with E-state index in [2.05, 4.69) is 4.72 Å². The molecule has 3 N–H and O–H groups in total. The molecule has 7 nitrogen and oxygen atoms in total. The van der Waals surface area contributed by atoms with Crippen molar-refractivity contribution in [3.05, 3.63) is 28.3 Å². The third-order valence-electron chi connectivity index (χ3n) is 3.54. The zero-order valence-corrected chi connectivity index (χ0v) is 13.1. The number of nitrogens with zero attached hydrogens (tertiary/aromatic N) is 1. The van der Waals surface area contributed by atoms with Gasteiger partial charge < -0.3 is 5.73 Å². The fourth-order valence-corrected chi connectivity index (χ4v) is 4.64. The molecule has 0 aliphatic heterocycles. The lowest BCUT2D eigenvalue weighted by Gasteiger charge is -2.14. The summed E-state index contributed by atoms with van der Waals surface area (Å²) in [5.41, 5.74) is 5.37. The maximum Gasteiger partial charge on any atom is 0.270 e. The highest BCUT2D eigenvalue weighted by atomic mass is 32.2. The van der Waals surface area contributed by atoms with Crippen molar-refractivity contribution in [3.8, 4) is 0 Å². The zero-order valence-electron chi connectivity index (χ0n) is 11.5. The summed E-state index contributed by atoms with van der Waals surface area (Å²) in [6, 6.07) is 3.28. The van der Waals surface area contributed by atoms with E-state index in [0.717, 1.165) is 25.3 Å². The predicted molar refractivity (Wildman–Crippen MR) is 82.8 cm³/mol. The minimum atomic E-state index is -3.85. The number of thioether (sulfide) groups is 1. The summed E-state index contributed by atoms with van der Waals surface area (Å²) in [5, 5.41) is 11.2. The average Bonchev–Trinajstić information content (AvgIpc) is 2.85. The summed E-state index contributed by atoms with van der Waals surface area (Å²) in [6.45, 7) is 0. The molecule has 0 heterocycles. The van der Waals surface area contributed by atoms with Crippen molar-refractivity contribution < 1.29 is 13.3 Å². The van der Waals surface area contributed by atoms with Crippen molar-refractivity contribution in [1.29, 1.82) is 0 Å². The van der Waals surface area contributed by atoms with Crippen molar-refractivity contribution >= 4 is 33.2 Å². The second-order valence-electron chi connectivity index (χ2n) is 4.97. The van der Waals surface area contributed by atoms with E-state index >= 15 is 0 Å². The molecular weight excluding hydrogens is 314 g/mol. The van der Waals surface area contributed by atoms with Gasteiger partial charge in [0.05, 0.1) is 10.6 Å². The number of non-ortho nitro benzene ring substituents is 1. The molecule has 1 aromatic rings. The van der Waals surface area contributed by atoms with Gasteiger partial charge in [0.2, 0.25) is 10.0 Å². The summed E-state index contributed by atoms with van der Waals surface area (Å²) < 4.78 is 27.3. The van der Waals surface area contributed by atoms with Crippen LogP contribution in [0.4, 0.5) is 11.4 Å². The lowest BCUT2D eigenvalue weighted by Crippen LogP contribution is -2.33. The van der Waals surface area contributed by atoms with Crippen molar-refractivity contribution in [3.63, 3.8) is 0 Å². The second kappa shape index (κ2) is 6.20. The molecule has 0 radical (unpaired) electrons. The standard InChI is InChI=1S/C12H17N3O4S2/c1-20-10-4-2-8(6-10)14-21(18,19)12-7-9(15(16)17)3-5-11(12)13/h3,5,7-8,10,14H,2,4,6,13H2,1H3. The molecule has 2 rings (SSSR count). The molecule has 1 saturated carbocycles. The first-order chi connectivity index (χ1) is 9.83. The largest absolute Gasteiger partial charge is 0.398 e. The molecule has 2 unspecified atom stereocenters. The Kier molecular flexibility index (Phi) is 4.74. The van der Waals surface area contributed by atoms with Crippen molar-refractivity contribution in [1.82, 2.24) is 4.72 Å². The van der Waals surface area contributed by atoms with Crippen LogP contribution in [-0.2, 0) is 10.0 Å². The van der Waals surface area contributed by atoms with Crippen LogP contribution in [0.15, 0.2) is 23.1 Å². The lowest BCUT2D eigenvalue weighted by atomic mass is 10.3. The van der Waals surface area contributed by atoms with Crippen LogP contribution in [0.2, 0.25) is 0 Å². The van der Waals surface area contributed by atoms with Crippen LogP contribution in [0.25, 0.3) is 0 Å². The van der Waals surface area contributed by atoms with Gasteiger partial charge in [-0.3, -0.25) is 10.1 Å². The van der Waals surface area contributed by atoms with Crippen LogP contribution in [0, 0.1) is 10.1 Å². The highest BCUT2D eigenvalue weighted by Crippen LogP contribution is 2.30. The molecule has 1 aromatic carbocycles. The summed E-state index contributed by atoms with van der Waals surface area (Å²) in [5.74, 6) is 0. The third kappa shape index (κ3) is 3.66. The van der Waals surface area contributed by atoms with Gasteiger partial charge in [0.25, 0.3) is 5.69 Å². The van der Waals surface area contributed by atoms with Gasteiger partial charge in [0.1, 0.15) is 4.90 Å². The van der Waals surface area contributed by atoms with Crippen LogP contribution in [0.1, 0.15) is 19.3 Å². The molecular formula is C12H17N3O4S2. The number of nitrogens with one attached hydrogen (secondary N) is 1. The Hall–Kier alpha value is -1.32. The van der Waals surface area contributed by atoms with Gasteiger partial charge in [-0.25, -0.2) is 13.1 Å². The molecule has 0 aromatic heterocycles. The molecule has 0 amide bonds. The quantitative estimate of drug-likeness (QED) is 0.482. The fraction of sp³-hybridized carbons (Fsp3) is 0.500. The maximum absolute atomic E-state index is 12.4. The van der Waals surface area contributed by atoms with E-state index in [1.54, 1.807) is 11.8 Å². The van der Waals surface area contributed by atoms with Gasteiger partial charge in [0, 0.05) is 23.4 Å². The molecule has 2 atom stereocenters. The maximum atomic E-state index is 12.4. The van der Waals surface area contributed by atoms with E-state index in [4.69, 9.17) is 5.73 Å². The average molecular weight is 331 g/mol. The Bertz CT molecular complexity index is 648. The van der Waals surface area contributed by atoms with Crippen LogP contribution in [0.3, 0.4) is 0 Å². The van der Waals surface area contributed by atoms with Crippen molar-refractivity contribution in [2.45, 2.75) is 35.4 Å². The molecule has 9 heteroatoms. The van der Waals surface area contributed by atoms with Crippen LogP contribution < -0.4 is 10.5 Å². The number of nitrogen functional groups attached to an aromatic ring is 1. The van der Waals surface area contributed by atoms with E-state index < -0.39 is 14.9 Å². The molecule has 1 fully saturated rings. The first kappa shape index (κ1) is 16.1. The number of hydrogen-bond donors (Lipinski definition) is 2. The Labute approximate surface area is 127 Å². The number of hydrogen-bond acceptors (Lipinski definition) is 6. The van der Waals surface area contributed by atoms with Gasteiger partial charge in [-0.2, -0.15) is 11.8 Å². The van der Waals surface area contributed by atoms with Crippen LogP contribution in [0.5, 0.6) is 0 Å². The predicted octanol–water partition coefficient (Wildman–Crippen LogP) is 1.74. The van der Waals surface area contributed by atoms with Crippen LogP contribution in [-0.4, -0.2) is 30.9 Å². The highest BCUT2D eigenvalue weighted by molar-refractivity contribution is 7.99. The Morgan fingerprint density at radius 2 is 2.14 bits per heavy atom. The summed E-state index contributed by atoms with van der Waals surface area (Å²) in [4.78, 5) is 9.89. The molecule has 1 aliphatic rings. The van der Waals surface area contributed by atoms with Gasteiger partial charge in [-0.15, -0.1) is 0 Å². The SMILES string of the molecule is CSC1CCC(NS(=O)(=O)c2cc([N+](=O)[O-])ccc2N)C1. The van der Waals surface area contributed by atoms with E-state index in [1.807, 2.05) is 6.26 Å². The van der Waals surface area contributed by atoms with Gasteiger partial charge in [-0.05, 0) is 31.6 Å². The molecule has 0 bridgehead atoms. The molecule has 0 spiro atoms. The summed E-state index contributed by atoms with van der Waals surface area (Å²) >= 11 is 1.72. The minimum absolute atomic E-state index is 0.00696. The topological polar surface area (TPSA) is 115 Å². The number of benzene rings is 1. The molecule has 0 saturated heterocycles. The Morgan fingerprint density at radius 1 is 1.43 bits per heavy atom. The van der Waals surface area contributed by atoms with E-state index in [-0.39, 0.29) is 22.3 Å². The van der Waals surface area contributed by atoms with E-state index in [1.165, 1.54) is 12.1 Å². The van der Waals surface area contributed by atoms with E-state index in [9.17, 15) is 18.5 Å². The molecule has 116 valence electrons. The third-order valence-corrected chi connectivity index (χ3v) is 6.21. The van der Waals surface area contributed by atoms with Gasteiger partial charge in [0.15, 0.2) is 0 Å². The Balaban J connectivity index is 2.23. The normalized spacial score (nSPS) is 22.3. The van der Waals surface area contributed by atoms with Crippen LogP contribution >= 0.6 is 11.8 Å². The lowest BCUT2D eigenvalue weighted by molar-refractivity contribution is -0.385. The van der Waals surface area contributed by atoms with Gasteiger partial charge >= 0.3 is 0 Å². The first-order valence-corrected chi connectivity index (χ1v) is 9.19. The molecule has 21 heavy (non-hydrogen) atoms. The fourth-order valence-electron chi connectivity index (χ4n) is 2.41. The monoisotopic (exact) mass is 331 g/mol. The zero-order chi connectivity index (χ0) is 15.6. The number of sulfonamides is 1. The summed E-state index contributed by atoms with van der Waals surface area (Å²) in [6.07, 6.45) is 4.48. The van der Waals surface area contributed by atoms with Gasteiger partial charge in [-0.1, -0.05) is 0 Å². The van der Waals surface area contributed by atoms with E-state index in [0.29, 0.717) is 5.25 Å². The number of nitro benzene ring substituents is 1. The van der Waals surface area contributed by atoms with Crippen molar-refractivity contribution in [2.24, 2.45) is 0 Å². The second-order valence-corrected chi connectivity index (χ2v) is 7.79. The number of nitrogens with two attached hydrogens (primary N) is 1. The smallest absolute Gasteiger partial charge is 0.270 e. The number of anilines is 1. The van der Waals surface area contributed by atoms with Crippen molar-refractivity contribution in [2.75, 3.05) is 12.0 Å².